The molecule has 0 aromatic heterocycles. The SMILES string of the molecule is COc1ccc2c3c(Nc4ccc(/C(C)=N/O)cc4)[nH]c4ccccc4c-3c(N=O)c2c1. The van der Waals surface area contributed by atoms with Crippen molar-refractivity contribution in [3.05, 3.63) is 77.2 Å². The summed E-state index contributed by atoms with van der Waals surface area (Å²) in [6.07, 6.45) is 0. The Bertz CT molecular complexity index is 1470. The van der Waals surface area contributed by atoms with E-state index in [4.69, 9.17) is 9.94 Å². The Morgan fingerprint density at radius 2 is 1.75 bits per heavy atom. The summed E-state index contributed by atoms with van der Waals surface area (Å²) in [7, 11) is 1.60. The second-order valence-corrected chi connectivity index (χ2v) is 7.53. The van der Waals surface area contributed by atoms with Crippen molar-refractivity contribution in [2.75, 3.05) is 12.4 Å². The molecule has 1 heterocycles. The van der Waals surface area contributed by atoms with Gasteiger partial charge in [-0.15, -0.1) is 4.91 Å². The number of aromatic amines is 1. The molecule has 3 N–H and O–H groups in total. The van der Waals surface area contributed by atoms with Crippen LogP contribution in [-0.4, -0.2) is 23.0 Å². The summed E-state index contributed by atoms with van der Waals surface area (Å²) < 4.78 is 5.38. The number of pyridine rings is 1. The standard InChI is InChI=1S/C25H20N4O3/c1-14(28-30)15-7-9-16(10-8-15)26-25-23-18-12-11-17(32-2)13-20(18)24(29-31)22(23)19-5-3-4-6-21(19)27-25/h3-13,26-27,30H,1-2H3/b28-14+. The number of benzene rings is 3. The van der Waals surface area contributed by atoms with E-state index in [-0.39, 0.29) is 0 Å². The number of para-hydroxylation sites is 1. The summed E-state index contributed by atoms with van der Waals surface area (Å²) in [6, 6.07) is 21.1. The number of fused-ring (bicyclic) bond motifs is 5. The number of ether oxygens (including phenoxy) is 1. The third kappa shape index (κ3) is 3.02. The minimum atomic E-state index is 0.396. The topological polar surface area (TPSA) is 99.1 Å². The van der Waals surface area contributed by atoms with Crippen LogP contribution in [0.3, 0.4) is 0 Å². The summed E-state index contributed by atoms with van der Waals surface area (Å²) in [5, 5.41) is 21.7. The van der Waals surface area contributed by atoms with Gasteiger partial charge in [-0.05, 0) is 59.4 Å². The lowest BCUT2D eigenvalue weighted by Crippen LogP contribution is -1.99. The summed E-state index contributed by atoms with van der Waals surface area (Å²) in [4.78, 5) is 15.5. The van der Waals surface area contributed by atoms with Gasteiger partial charge in [0.2, 0.25) is 0 Å². The average molecular weight is 424 g/mol. The fourth-order valence-corrected chi connectivity index (χ4v) is 4.17. The van der Waals surface area contributed by atoms with E-state index < -0.39 is 0 Å². The van der Waals surface area contributed by atoms with Crippen LogP contribution in [0.1, 0.15) is 12.5 Å². The molecule has 0 saturated heterocycles. The molecule has 158 valence electrons. The van der Waals surface area contributed by atoms with E-state index in [1.165, 1.54) is 0 Å². The molecule has 1 aliphatic carbocycles. The molecular weight excluding hydrogens is 404 g/mol. The number of rotatable bonds is 5. The van der Waals surface area contributed by atoms with E-state index in [1.54, 1.807) is 14.0 Å². The first-order chi connectivity index (χ1) is 15.6. The van der Waals surface area contributed by atoms with E-state index in [9.17, 15) is 4.91 Å². The summed E-state index contributed by atoms with van der Waals surface area (Å²) in [5.41, 5.74) is 5.16. The van der Waals surface area contributed by atoms with Crippen LogP contribution in [0.5, 0.6) is 5.75 Å². The van der Waals surface area contributed by atoms with Crippen LogP contribution in [-0.2, 0) is 0 Å². The molecule has 32 heavy (non-hydrogen) atoms. The average Bonchev–Trinajstić information content (AvgIpc) is 3.18. The van der Waals surface area contributed by atoms with E-state index >= 15 is 0 Å². The normalized spacial score (nSPS) is 11.9. The van der Waals surface area contributed by atoms with Crippen molar-refractivity contribution in [2.45, 2.75) is 6.92 Å². The number of aromatic nitrogens is 1. The lowest BCUT2D eigenvalue weighted by atomic mass is 10.0. The van der Waals surface area contributed by atoms with Gasteiger partial charge in [0.05, 0.1) is 12.8 Å². The maximum atomic E-state index is 12.0. The Hall–Kier alpha value is -4.39. The molecule has 0 atom stereocenters. The molecular formula is C25H20N4O3. The van der Waals surface area contributed by atoms with E-state index in [0.717, 1.165) is 49.9 Å². The van der Waals surface area contributed by atoms with Crippen LogP contribution in [0.15, 0.2) is 77.1 Å². The van der Waals surface area contributed by atoms with Gasteiger partial charge in [-0.3, -0.25) is 0 Å². The largest absolute Gasteiger partial charge is 0.497 e. The Morgan fingerprint density at radius 1 is 0.969 bits per heavy atom. The number of nitroso groups, excluding NO2 is 1. The predicted octanol–water partition coefficient (Wildman–Crippen LogP) is 6.77. The van der Waals surface area contributed by atoms with Gasteiger partial charge in [-0.2, -0.15) is 0 Å². The van der Waals surface area contributed by atoms with Crippen molar-refractivity contribution < 1.29 is 9.94 Å². The first-order valence-electron chi connectivity index (χ1n) is 10.1. The fraction of sp³-hybridized carbons (Fsp3) is 0.0800. The highest BCUT2D eigenvalue weighted by atomic mass is 16.5. The first kappa shape index (κ1) is 19.6. The highest BCUT2D eigenvalue weighted by Gasteiger charge is 2.25. The van der Waals surface area contributed by atoms with Gasteiger partial charge in [0.15, 0.2) is 0 Å². The maximum absolute atomic E-state index is 12.0. The van der Waals surface area contributed by atoms with Crippen LogP contribution in [0.4, 0.5) is 17.2 Å². The maximum Gasteiger partial charge on any atom is 0.124 e. The molecule has 0 saturated carbocycles. The minimum Gasteiger partial charge on any atom is -0.497 e. The summed E-state index contributed by atoms with van der Waals surface area (Å²) in [5.74, 6) is 1.42. The third-order valence-corrected chi connectivity index (χ3v) is 5.76. The monoisotopic (exact) mass is 424 g/mol. The Balaban J connectivity index is 1.77. The number of nitrogens with zero attached hydrogens (tertiary/aromatic N) is 2. The molecule has 5 rings (SSSR count). The van der Waals surface area contributed by atoms with Crippen molar-refractivity contribution in [3.8, 4) is 16.9 Å². The van der Waals surface area contributed by atoms with Crippen molar-refractivity contribution in [1.29, 1.82) is 0 Å². The van der Waals surface area contributed by atoms with Crippen LogP contribution in [0.25, 0.3) is 32.8 Å². The fourth-order valence-electron chi connectivity index (χ4n) is 4.17. The number of hydrogen-bond donors (Lipinski definition) is 3. The van der Waals surface area contributed by atoms with Gasteiger partial charge in [0.25, 0.3) is 0 Å². The van der Waals surface area contributed by atoms with Crippen molar-refractivity contribution in [1.82, 2.24) is 4.98 Å². The third-order valence-electron chi connectivity index (χ3n) is 5.76. The van der Waals surface area contributed by atoms with Crippen LogP contribution in [0, 0.1) is 4.91 Å². The number of methoxy groups -OCH3 is 1. The number of H-pyrrole nitrogens is 1. The number of anilines is 2. The lowest BCUT2D eigenvalue weighted by Gasteiger charge is -2.16. The molecule has 0 amide bonds. The lowest BCUT2D eigenvalue weighted by molar-refractivity contribution is 0.319. The van der Waals surface area contributed by atoms with E-state index in [0.29, 0.717) is 17.1 Å². The van der Waals surface area contributed by atoms with Gasteiger partial charge in [-0.25, -0.2) is 0 Å². The van der Waals surface area contributed by atoms with Crippen LogP contribution >= 0.6 is 0 Å². The minimum absolute atomic E-state index is 0.396. The highest BCUT2D eigenvalue weighted by Crippen LogP contribution is 2.51. The highest BCUT2D eigenvalue weighted by molar-refractivity contribution is 6.22. The molecule has 0 radical (unpaired) electrons. The Labute approximate surface area is 183 Å². The van der Waals surface area contributed by atoms with Crippen molar-refractivity contribution >= 4 is 44.6 Å². The zero-order valence-corrected chi connectivity index (χ0v) is 17.5. The van der Waals surface area contributed by atoms with Gasteiger partial charge in [-0.1, -0.05) is 35.5 Å². The van der Waals surface area contributed by atoms with Crippen molar-refractivity contribution in [3.63, 3.8) is 0 Å². The first-order valence-corrected chi connectivity index (χ1v) is 10.1. The summed E-state index contributed by atoms with van der Waals surface area (Å²) in [6.45, 7) is 1.74. The van der Waals surface area contributed by atoms with Crippen molar-refractivity contribution in [2.24, 2.45) is 10.3 Å². The molecule has 2 aliphatic rings. The Kier molecular flexibility index (Phi) is 4.71. The van der Waals surface area contributed by atoms with Gasteiger partial charge < -0.3 is 20.2 Å². The molecule has 0 unspecified atom stereocenters. The molecule has 3 aromatic carbocycles. The van der Waals surface area contributed by atoms with E-state index in [1.807, 2.05) is 66.7 Å². The predicted molar refractivity (Wildman–Crippen MR) is 128 cm³/mol. The zero-order chi connectivity index (χ0) is 22.2. The smallest absolute Gasteiger partial charge is 0.124 e. The summed E-state index contributed by atoms with van der Waals surface area (Å²) >= 11 is 0. The van der Waals surface area contributed by atoms with Gasteiger partial charge in [0, 0.05) is 33.1 Å². The van der Waals surface area contributed by atoms with Gasteiger partial charge >= 0.3 is 0 Å². The molecule has 3 aromatic rings. The molecule has 0 bridgehead atoms. The molecule has 7 nitrogen and oxygen atoms in total. The quantitative estimate of drug-likeness (QED) is 0.125. The molecule has 1 aliphatic heterocycles. The van der Waals surface area contributed by atoms with Crippen LogP contribution < -0.4 is 10.1 Å². The number of nitrogens with one attached hydrogen (secondary N) is 2. The zero-order valence-electron chi connectivity index (χ0n) is 17.5. The number of oxime groups is 1. The second-order valence-electron chi connectivity index (χ2n) is 7.53. The van der Waals surface area contributed by atoms with E-state index in [2.05, 4.69) is 20.6 Å². The van der Waals surface area contributed by atoms with Crippen LogP contribution in [0.2, 0.25) is 0 Å². The Morgan fingerprint density at radius 3 is 2.47 bits per heavy atom. The van der Waals surface area contributed by atoms with Gasteiger partial charge in [0.1, 0.15) is 17.3 Å². The second kappa shape index (κ2) is 7.70. The molecule has 0 spiro atoms. The number of hydrogen-bond acceptors (Lipinski definition) is 6. The molecule has 7 heteroatoms. The molecule has 0 fully saturated rings.